The van der Waals surface area contributed by atoms with Gasteiger partial charge in [-0.25, -0.2) is 0 Å². The Morgan fingerprint density at radius 1 is 1.13 bits per heavy atom. The van der Waals surface area contributed by atoms with Gasteiger partial charge in [0.2, 0.25) is 0 Å². The molecule has 1 fully saturated rings. The van der Waals surface area contributed by atoms with Crippen molar-refractivity contribution in [2.75, 3.05) is 0 Å². The maximum atomic E-state index is 5.95. The van der Waals surface area contributed by atoms with Gasteiger partial charge in [0.1, 0.15) is 0 Å². The highest BCUT2D eigenvalue weighted by Crippen LogP contribution is 2.35. The maximum absolute atomic E-state index is 5.95. The topological polar surface area (TPSA) is 27.7 Å². The first-order valence-corrected chi connectivity index (χ1v) is 12.3. The van der Waals surface area contributed by atoms with Gasteiger partial charge >= 0.3 is 17.1 Å². The average molecular weight is 326 g/mol. The Balaban J connectivity index is 2.51. The summed E-state index contributed by atoms with van der Waals surface area (Å²) < 4.78 is 16.0. The van der Waals surface area contributed by atoms with Gasteiger partial charge in [0.25, 0.3) is 10.0 Å². The molecule has 0 amide bonds. The summed E-state index contributed by atoms with van der Waals surface area (Å²) in [5.74, 6) is 0. The fourth-order valence-electron chi connectivity index (χ4n) is 1.37. The molecular formula is C6H15Cl3O3Si3. The lowest BCUT2D eigenvalue weighted by Gasteiger charge is -2.40. The van der Waals surface area contributed by atoms with Crippen molar-refractivity contribution < 1.29 is 12.3 Å². The summed E-state index contributed by atoms with van der Waals surface area (Å²) in [6.07, 6.45) is 0.471. The van der Waals surface area contributed by atoms with Gasteiger partial charge in [-0.05, 0) is 32.1 Å². The molecular weight excluding hydrogens is 311 g/mol. The van der Waals surface area contributed by atoms with E-state index in [1.165, 1.54) is 0 Å². The highest BCUT2D eigenvalue weighted by atomic mass is 35.6. The van der Waals surface area contributed by atoms with Crippen molar-refractivity contribution >= 4 is 61.9 Å². The zero-order valence-electron chi connectivity index (χ0n) is 8.98. The van der Waals surface area contributed by atoms with Crippen LogP contribution in [0.2, 0.25) is 25.7 Å². The number of alkyl halides is 3. The summed E-state index contributed by atoms with van der Waals surface area (Å²) >= 11 is 17.2. The molecule has 9 heteroatoms. The van der Waals surface area contributed by atoms with E-state index in [1.807, 2.05) is 19.6 Å². The molecule has 15 heavy (non-hydrogen) atoms. The fourth-order valence-corrected chi connectivity index (χ4v) is 12.5. The SMILES string of the molecule is C[Si]1(C)O[SiH2]O[Si](C)(CCC(Cl)(Cl)Cl)O1. The Kier molecular flexibility index (Phi) is 4.77. The van der Waals surface area contributed by atoms with Crippen LogP contribution in [0.5, 0.6) is 0 Å². The molecule has 0 aromatic carbocycles. The first-order valence-electron chi connectivity index (χ1n) is 4.67. The molecule has 3 nitrogen and oxygen atoms in total. The third-order valence-corrected chi connectivity index (χ3v) is 13.7. The second-order valence-electron chi connectivity index (χ2n) is 4.16. The van der Waals surface area contributed by atoms with Crippen LogP contribution in [-0.4, -0.2) is 30.9 Å². The summed E-state index contributed by atoms with van der Waals surface area (Å²) in [7, 11) is -4.98. The van der Waals surface area contributed by atoms with E-state index in [1.54, 1.807) is 0 Å². The predicted molar refractivity (Wildman–Crippen MR) is 70.6 cm³/mol. The van der Waals surface area contributed by atoms with Gasteiger partial charge in [0.05, 0.1) is 0 Å². The molecule has 1 unspecified atom stereocenters. The molecule has 0 aromatic heterocycles. The molecule has 0 saturated carbocycles. The summed E-state index contributed by atoms with van der Waals surface area (Å²) in [4.78, 5) is 0. The van der Waals surface area contributed by atoms with E-state index in [0.29, 0.717) is 12.5 Å². The summed E-state index contributed by atoms with van der Waals surface area (Å²) in [5, 5.41) is 0. The smallest absolute Gasteiger partial charge is 0.317 e. The van der Waals surface area contributed by atoms with Crippen LogP contribution in [-0.2, 0) is 12.3 Å². The van der Waals surface area contributed by atoms with E-state index >= 15 is 0 Å². The van der Waals surface area contributed by atoms with Crippen molar-refractivity contribution in [3.63, 3.8) is 0 Å². The molecule has 1 atom stereocenters. The van der Waals surface area contributed by atoms with Crippen LogP contribution in [0, 0.1) is 0 Å². The third-order valence-electron chi connectivity index (χ3n) is 2.10. The van der Waals surface area contributed by atoms with E-state index in [4.69, 9.17) is 47.1 Å². The van der Waals surface area contributed by atoms with Crippen molar-refractivity contribution in [3.8, 4) is 0 Å². The van der Waals surface area contributed by atoms with Crippen LogP contribution in [0.25, 0.3) is 0 Å². The zero-order chi connectivity index (χ0) is 11.7. The molecule has 1 saturated heterocycles. The van der Waals surface area contributed by atoms with Crippen molar-refractivity contribution in [2.45, 2.75) is 35.9 Å². The molecule has 1 rings (SSSR count). The summed E-state index contributed by atoms with van der Waals surface area (Å²) in [6, 6.07) is 0.705. The molecule has 0 spiro atoms. The molecule has 0 bridgehead atoms. The van der Waals surface area contributed by atoms with Gasteiger partial charge in [-0.2, -0.15) is 0 Å². The second kappa shape index (κ2) is 4.95. The monoisotopic (exact) mass is 324 g/mol. The van der Waals surface area contributed by atoms with E-state index in [-0.39, 0.29) is 0 Å². The zero-order valence-corrected chi connectivity index (χ0v) is 14.7. The van der Waals surface area contributed by atoms with Gasteiger partial charge in [-0.15, -0.1) is 0 Å². The predicted octanol–water partition coefficient (Wildman–Crippen LogP) is 2.58. The Hall–Kier alpha value is 1.40. The van der Waals surface area contributed by atoms with Crippen LogP contribution in [0.4, 0.5) is 0 Å². The molecule has 1 aliphatic heterocycles. The number of halogens is 3. The highest BCUT2D eigenvalue weighted by Gasteiger charge is 2.44. The van der Waals surface area contributed by atoms with Crippen LogP contribution in [0.15, 0.2) is 0 Å². The van der Waals surface area contributed by atoms with Crippen LogP contribution >= 0.6 is 34.8 Å². The summed E-state index contributed by atoms with van der Waals surface area (Å²) in [6.45, 7) is 6.08. The first kappa shape index (κ1) is 14.5. The minimum atomic E-state index is -2.14. The maximum Gasteiger partial charge on any atom is 0.317 e. The van der Waals surface area contributed by atoms with Crippen molar-refractivity contribution in [1.29, 1.82) is 0 Å². The van der Waals surface area contributed by atoms with Crippen LogP contribution in [0.3, 0.4) is 0 Å². The molecule has 1 aliphatic rings. The Morgan fingerprint density at radius 2 is 1.73 bits per heavy atom. The minimum Gasteiger partial charge on any atom is -0.420 e. The molecule has 0 radical (unpaired) electrons. The quantitative estimate of drug-likeness (QED) is 0.577. The fraction of sp³-hybridized carbons (Fsp3) is 1.00. The van der Waals surface area contributed by atoms with Gasteiger partial charge in [-0.3, -0.25) is 0 Å². The average Bonchev–Trinajstić information content (AvgIpc) is 1.97. The Morgan fingerprint density at radius 3 is 2.20 bits per heavy atom. The van der Waals surface area contributed by atoms with Gasteiger partial charge in [0, 0.05) is 0 Å². The van der Waals surface area contributed by atoms with Gasteiger partial charge in [-0.1, -0.05) is 34.8 Å². The molecule has 0 N–H and O–H groups in total. The highest BCUT2D eigenvalue weighted by molar-refractivity contribution is 6.85. The Bertz CT molecular complexity index is 235. The second-order valence-corrected chi connectivity index (χ2v) is 15.6. The lowest BCUT2D eigenvalue weighted by molar-refractivity contribution is 0.264. The van der Waals surface area contributed by atoms with E-state index in [9.17, 15) is 0 Å². The minimum absolute atomic E-state index is 0.471. The molecule has 0 aliphatic carbocycles. The number of rotatable bonds is 2. The number of hydrogen-bond donors (Lipinski definition) is 0. The van der Waals surface area contributed by atoms with Crippen molar-refractivity contribution in [3.05, 3.63) is 0 Å². The lowest BCUT2D eigenvalue weighted by Crippen LogP contribution is -2.57. The van der Waals surface area contributed by atoms with E-state index in [0.717, 1.165) is 0 Å². The largest absolute Gasteiger partial charge is 0.420 e. The van der Waals surface area contributed by atoms with Crippen LogP contribution < -0.4 is 0 Å². The van der Waals surface area contributed by atoms with E-state index < -0.39 is 30.9 Å². The standard InChI is InChI=1S/C6H15Cl3O3Si3/c1-14(2)10-13-11-15(3,12-14)5-4-6(7,8)9/h4-5,13H2,1-3H3. The van der Waals surface area contributed by atoms with Crippen LogP contribution in [0.1, 0.15) is 6.42 Å². The van der Waals surface area contributed by atoms with Crippen molar-refractivity contribution in [1.82, 2.24) is 0 Å². The molecule has 1 heterocycles. The summed E-state index contributed by atoms with van der Waals surface area (Å²) in [5.41, 5.74) is 0. The van der Waals surface area contributed by atoms with Gasteiger partial charge in [0.15, 0.2) is 3.79 Å². The lowest BCUT2D eigenvalue weighted by atomic mass is 10.6. The molecule has 0 aromatic rings. The first-order chi connectivity index (χ1) is 6.62. The Labute approximate surface area is 110 Å². The molecule has 90 valence electrons. The third kappa shape index (κ3) is 5.51. The van der Waals surface area contributed by atoms with Crippen molar-refractivity contribution in [2.24, 2.45) is 0 Å². The van der Waals surface area contributed by atoms with Gasteiger partial charge < -0.3 is 12.3 Å². The number of hydrogen-bond acceptors (Lipinski definition) is 3. The van der Waals surface area contributed by atoms with E-state index in [2.05, 4.69) is 0 Å². The normalized spacial score (nSPS) is 33.2.